The van der Waals surface area contributed by atoms with E-state index in [1.807, 2.05) is 23.6 Å². The second-order valence-corrected chi connectivity index (χ2v) is 3.68. The highest BCUT2D eigenvalue weighted by Crippen LogP contribution is 2.23. The summed E-state index contributed by atoms with van der Waals surface area (Å²) in [5.74, 6) is 0. The lowest BCUT2D eigenvalue weighted by Crippen LogP contribution is -1.82. The van der Waals surface area contributed by atoms with Crippen molar-refractivity contribution in [1.82, 2.24) is 0 Å². The highest BCUT2D eigenvalue weighted by molar-refractivity contribution is 7.07. The maximum atomic E-state index is 8.81. The van der Waals surface area contributed by atoms with Gasteiger partial charge in [0.15, 0.2) is 0 Å². The van der Waals surface area contributed by atoms with E-state index in [-0.39, 0.29) is 0 Å². The summed E-state index contributed by atoms with van der Waals surface area (Å²) in [7, 11) is 0. The molecule has 69 valence electrons. The first-order valence-corrected chi connectivity index (χ1v) is 5.11. The number of hydrogen-bond acceptors (Lipinski definition) is 3. The zero-order valence-corrected chi connectivity index (χ0v) is 8.51. The molecule has 0 aliphatic carbocycles. The van der Waals surface area contributed by atoms with Gasteiger partial charge in [0.2, 0.25) is 0 Å². The van der Waals surface area contributed by atoms with Gasteiger partial charge in [0, 0.05) is 5.38 Å². The van der Waals surface area contributed by atoms with Gasteiger partial charge in [-0.05, 0) is 40.8 Å². The molecular weight excluding hydrogens is 204 g/mol. The van der Waals surface area contributed by atoms with E-state index in [4.69, 9.17) is 10.5 Å². The fourth-order valence-electron chi connectivity index (χ4n) is 1.30. The zero-order valence-electron chi connectivity index (χ0n) is 7.69. The molecule has 1 aromatic heterocycles. The van der Waals surface area contributed by atoms with Crippen LogP contribution >= 0.6 is 11.3 Å². The van der Waals surface area contributed by atoms with Crippen LogP contribution in [0.25, 0.3) is 11.1 Å². The number of benzene rings is 1. The fraction of sp³-hybridized carbons (Fsp3) is 0. The van der Waals surface area contributed by atoms with Gasteiger partial charge in [-0.2, -0.15) is 10.5 Å². The van der Waals surface area contributed by atoms with Crippen molar-refractivity contribution in [3.63, 3.8) is 0 Å². The molecule has 1 radical (unpaired) electrons. The van der Waals surface area contributed by atoms with Gasteiger partial charge in [-0.15, -0.1) is 11.3 Å². The monoisotopic (exact) mass is 209 g/mol. The maximum Gasteiger partial charge on any atom is 0.0992 e. The Morgan fingerprint density at radius 2 is 1.67 bits per heavy atom. The first kappa shape index (κ1) is 9.45. The van der Waals surface area contributed by atoms with Crippen molar-refractivity contribution >= 4 is 11.3 Å². The third kappa shape index (κ3) is 1.88. The molecule has 3 heteroatoms. The van der Waals surface area contributed by atoms with E-state index >= 15 is 0 Å². The first-order chi connectivity index (χ1) is 7.33. The van der Waals surface area contributed by atoms with Gasteiger partial charge >= 0.3 is 0 Å². The summed E-state index contributed by atoms with van der Waals surface area (Å²) in [6, 6.07) is 11.1. The lowest BCUT2D eigenvalue weighted by atomic mass is 10.0. The van der Waals surface area contributed by atoms with Crippen molar-refractivity contribution < 1.29 is 0 Å². The molecule has 0 saturated heterocycles. The van der Waals surface area contributed by atoms with E-state index < -0.39 is 0 Å². The Kier molecular flexibility index (Phi) is 2.49. The summed E-state index contributed by atoms with van der Waals surface area (Å²) in [6.07, 6.45) is 0. The molecular formula is C12H5N2S. The minimum Gasteiger partial charge on any atom is -0.192 e. The minimum absolute atomic E-state index is 0.509. The molecule has 0 spiro atoms. The fourth-order valence-corrected chi connectivity index (χ4v) is 1.90. The summed E-state index contributed by atoms with van der Waals surface area (Å²) < 4.78 is 0. The van der Waals surface area contributed by atoms with Crippen LogP contribution in [0, 0.1) is 28.0 Å². The predicted molar refractivity (Wildman–Crippen MR) is 58.0 cm³/mol. The molecule has 2 rings (SSSR count). The maximum absolute atomic E-state index is 8.81. The number of rotatable bonds is 1. The van der Waals surface area contributed by atoms with Gasteiger partial charge in [-0.25, -0.2) is 0 Å². The molecule has 0 N–H and O–H groups in total. The van der Waals surface area contributed by atoms with E-state index in [9.17, 15) is 0 Å². The van der Waals surface area contributed by atoms with Crippen LogP contribution in [0.4, 0.5) is 0 Å². The number of hydrogen-bond donors (Lipinski definition) is 0. The summed E-state index contributed by atoms with van der Waals surface area (Å²) in [4.78, 5) is 0. The topological polar surface area (TPSA) is 47.6 Å². The molecule has 0 bridgehead atoms. The van der Waals surface area contributed by atoms with Crippen molar-refractivity contribution in [3.05, 3.63) is 46.2 Å². The molecule has 2 nitrogen and oxygen atoms in total. The van der Waals surface area contributed by atoms with Gasteiger partial charge in [-0.1, -0.05) is 0 Å². The molecule has 0 unspecified atom stereocenters. The van der Waals surface area contributed by atoms with E-state index in [2.05, 4.69) is 5.38 Å². The smallest absolute Gasteiger partial charge is 0.0992 e. The Hall–Kier alpha value is -2.10. The van der Waals surface area contributed by atoms with Crippen molar-refractivity contribution in [3.8, 4) is 23.3 Å². The Morgan fingerprint density at radius 1 is 1.00 bits per heavy atom. The zero-order chi connectivity index (χ0) is 10.7. The molecule has 0 aliphatic heterocycles. The average molecular weight is 209 g/mol. The van der Waals surface area contributed by atoms with E-state index in [0.29, 0.717) is 11.1 Å². The van der Waals surface area contributed by atoms with Crippen molar-refractivity contribution in [2.24, 2.45) is 0 Å². The van der Waals surface area contributed by atoms with E-state index in [0.717, 1.165) is 11.1 Å². The highest BCUT2D eigenvalue weighted by atomic mass is 32.1. The van der Waals surface area contributed by atoms with Gasteiger partial charge in [0.25, 0.3) is 0 Å². The number of thiophene rings is 1. The van der Waals surface area contributed by atoms with Crippen molar-refractivity contribution in [2.75, 3.05) is 0 Å². The molecule has 0 fully saturated rings. The van der Waals surface area contributed by atoms with Crippen LogP contribution in [0.1, 0.15) is 11.1 Å². The van der Waals surface area contributed by atoms with Crippen LogP contribution in [0.5, 0.6) is 0 Å². The lowest BCUT2D eigenvalue weighted by molar-refractivity contribution is 1.45. The minimum atomic E-state index is 0.509. The van der Waals surface area contributed by atoms with Crippen LogP contribution in [-0.4, -0.2) is 0 Å². The van der Waals surface area contributed by atoms with Crippen LogP contribution in [0.15, 0.2) is 29.6 Å². The largest absolute Gasteiger partial charge is 0.192 e. The number of nitriles is 2. The van der Waals surface area contributed by atoms with Gasteiger partial charge < -0.3 is 0 Å². The molecule has 1 heterocycles. The summed E-state index contributed by atoms with van der Waals surface area (Å²) >= 11 is 1.47. The molecule has 0 amide bonds. The molecule has 2 aromatic rings. The lowest BCUT2D eigenvalue weighted by Gasteiger charge is -1.99. The highest BCUT2D eigenvalue weighted by Gasteiger charge is 2.03. The van der Waals surface area contributed by atoms with Gasteiger partial charge in [-0.3, -0.25) is 0 Å². The summed E-state index contributed by atoms with van der Waals surface area (Å²) in [5.41, 5.74) is 2.90. The second kappa shape index (κ2) is 3.96. The second-order valence-electron chi connectivity index (χ2n) is 2.98. The van der Waals surface area contributed by atoms with Gasteiger partial charge in [0.1, 0.15) is 0 Å². The Balaban J connectivity index is 2.59. The normalized spacial score (nSPS) is 9.20. The van der Waals surface area contributed by atoms with Crippen LogP contribution in [0.2, 0.25) is 0 Å². The van der Waals surface area contributed by atoms with Crippen LogP contribution in [-0.2, 0) is 0 Å². The quantitative estimate of drug-likeness (QED) is 0.724. The van der Waals surface area contributed by atoms with Crippen LogP contribution < -0.4 is 0 Å². The molecule has 1 aromatic carbocycles. The molecule has 0 atom stereocenters. The van der Waals surface area contributed by atoms with Gasteiger partial charge in [0.05, 0.1) is 23.3 Å². The molecule has 0 saturated carbocycles. The Morgan fingerprint density at radius 3 is 2.13 bits per heavy atom. The first-order valence-electron chi connectivity index (χ1n) is 4.24. The standard InChI is InChI=1S/C12H5N2S/c13-6-9-3-10(7-14)5-12(4-9)11-1-2-15-8-11/h1,3-5,8H. The SMILES string of the molecule is N#Cc1cc(C#N)cc(-c2c[c]sc2)c1. The van der Waals surface area contributed by atoms with Crippen molar-refractivity contribution in [2.45, 2.75) is 0 Å². The molecule has 0 aliphatic rings. The number of nitrogens with zero attached hydrogens (tertiary/aromatic N) is 2. The summed E-state index contributed by atoms with van der Waals surface area (Å²) in [5, 5.41) is 22.6. The molecule has 15 heavy (non-hydrogen) atoms. The average Bonchev–Trinajstić information content (AvgIpc) is 2.81. The van der Waals surface area contributed by atoms with E-state index in [1.165, 1.54) is 11.3 Å². The predicted octanol–water partition coefficient (Wildman–Crippen LogP) is 2.96. The van der Waals surface area contributed by atoms with Crippen LogP contribution in [0.3, 0.4) is 0 Å². The third-order valence-corrected chi connectivity index (χ3v) is 2.62. The Labute approximate surface area is 91.6 Å². The van der Waals surface area contributed by atoms with E-state index in [1.54, 1.807) is 18.2 Å². The third-order valence-electron chi connectivity index (χ3n) is 1.99. The van der Waals surface area contributed by atoms with Crippen molar-refractivity contribution in [1.29, 1.82) is 10.5 Å². The summed E-state index contributed by atoms with van der Waals surface area (Å²) in [6.45, 7) is 0. The Bertz CT molecular complexity index is 524.